The fraction of sp³-hybridized carbons (Fsp3) is 0.609. The van der Waals surface area contributed by atoms with E-state index in [1.807, 2.05) is 0 Å². The zero-order valence-electron chi connectivity index (χ0n) is 20.9. The summed E-state index contributed by atoms with van der Waals surface area (Å²) in [5, 5.41) is 11.0. The molecule has 3 atom stereocenters. The number of nitrogens with zero attached hydrogens (tertiary/aromatic N) is 3. The van der Waals surface area contributed by atoms with Gasteiger partial charge in [0, 0.05) is 22.3 Å². The quantitative estimate of drug-likeness (QED) is 0.345. The summed E-state index contributed by atoms with van der Waals surface area (Å²) in [7, 11) is 0. The molecule has 1 heterocycles. The molecular formula is C23H29F2N3O6S. The van der Waals surface area contributed by atoms with E-state index < -0.39 is 56.6 Å². The van der Waals surface area contributed by atoms with Crippen molar-refractivity contribution in [2.45, 2.75) is 83.8 Å². The molecule has 0 saturated heterocycles. The largest absolute Gasteiger partial charge is 0.443 e. The Morgan fingerprint density at radius 1 is 1.11 bits per heavy atom. The first-order valence-electron chi connectivity index (χ1n) is 11.0. The zero-order chi connectivity index (χ0) is 26.7. The minimum atomic E-state index is -1.53. The van der Waals surface area contributed by atoms with Crippen molar-refractivity contribution in [3.05, 3.63) is 39.4 Å². The van der Waals surface area contributed by atoms with E-state index in [0.29, 0.717) is 17.4 Å². The first kappa shape index (κ1) is 26.8. The summed E-state index contributed by atoms with van der Waals surface area (Å²) < 4.78 is 40.2. The Bertz CT molecular complexity index is 1100. The maximum absolute atomic E-state index is 15.1. The van der Waals surface area contributed by atoms with Gasteiger partial charge < -0.3 is 9.47 Å². The van der Waals surface area contributed by atoms with Gasteiger partial charge in [0.05, 0.1) is 16.5 Å². The summed E-state index contributed by atoms with van der Waals surface area (Å²) in [6.07, 6.45) is -1.60. The number of nitro groups is 1. The number of fused-ring (bicyclic) bond motifs is 1. The van der Waals surface area contributed by atoms with Gasteiger partial charge in [-0.2, -0.15) is 4.90 Å². The molecule has 1 fully saturated rings. The Hall–Kier alpha value is -2.76. The number of carbonyl (C=O) groups is 2. The van der Waals surface area contributed by atoms with E-state index in [1.165, 1.54) is 6.92 Å². The van der Waals surface area contributed by atoms with Crippen molar-refractivity contribution in [1.29, 1.82) is 0 Å². The summed E-state index contributed by atoms with van der Waals surface area (Å²) in [6, 6.07) is 1.45. The van der Waals surface area contributed by atoms with Crippen LogP contribution < -0.4 is 0 Å². The summed E-state index contributed by atoms with van der Waals surface area (Å²) in [5.41, 5.74) is -5.12. The minimum absolute atomic E-state index is 0.123. The molecule has 9 nitrogen and oxygen atoms in total. The van der Waals surface area contributed by atoms with Gasteiger partial charge in [0.1, 0.15) is 11.2 Å². The Morgan fingerprint density at radius 3 is 2.09 bits per heavy atom. The van der Waals surface area contributed by atoms with E-state index in [9.17, 15) is 24.1 Å². The van der Waals surface area contributed by atoms with Gasteiger partial charge in [-0.15, -0.1) is 0 Å². The molecule has 0 spiro atoms. The van der Waals surface area contributed by atoms with Gasteiger partial charge in [-0.25, -0.2) is 23.4 Å². The van der Waals surface area contributed by atoms with Crippen LogP contribution in [0.1, 0.15) is 67.4 Å². The third kappa shape index (κ3) is 5.12. The topological polar surface area (TPSA) is 111 Å². The highest BCUT2D eigenvalue weighted by Gasteiger charge is 2.67. The third-order valence-corrected chi connectivity index (χ3v) is 7.39. The summed E-state index contributed by atoms with van der Waals surface area (Å²) in [5.74, 6) is -2.66. The molecule has 1 aromatic rings. The van der Waals surface area contributed by atoms with Crippen molar-refractivity contribution in [2.75, 3.05) is 0 Å². The minimum Gasteiger partial charge on any atom is -0.443 e. The molecule has 1 aliphatic heterocycles. The number of thioether (sulfide) groups is 1. The lowest BCUT2D eigenvalue weighted by atomic mass is 9.77. The Morgan fingerprint density at radius 2 is 1.63 bits per heavy atom. The Balaban J connectivity index is 2.18. The van der Waals surface area contributed by atoms with E-state index in [2.05, 4.69) is 4.99 Å². The van der Waals surface area contributed by atoms with Crippen LogP contribution in [0.15, 0.2) is 17.1 Å². The first-order valence-corrected chi connectivity index (χ1v) is 11.8. The number of nitro benzene ring substituents is 1. The van der Waals surface area contributed by atoms with Gasteiger partial charge in [-0.1, -0.05) is 18.7 Å². The van der Waals surface area contributed by atoms with Gasteiger partial charge in [0.25, 0.3) is 5.69 Å². The zero-order valence-corrected chi connectivity index (χ0v) is 21.7. The number of halogens is 2. The summed E-state index contributed by atoms with van der Waals surface area (Å²) >= 11 is 1.12. The van der Waals surface area contributed by atoms with Gasteiger partial charge in [0.2, 0.25) is 0 Å². The molecular weight excluding hydrogens is 484 g/mol. The Labute approximate surface area is 206 Å². The molecule has 0 unspecified atom stereocenters. The van der Waals surface area contributed by atoms with Gasteiger partial charge in [0.15, 0.2) is 16.8 Å². The number of amidine groups is 1. The number of rotatable bonds is 2. The molecule has 12 heteroatoms. The molecule has 0 N–H and O–H groups in total. The molecule has 0 radical (unpaired) electrons. The van der Waals surface area contributed by atoms with E-state index in [4.69, 9.17) is 9.47 Å². The SMILES string of the molecule is CC(C)(C)OC(=O)N(C(=O)OC(C)(C)C)C1=N[C@@](C)(c2cc([N+](=O)[O-])cc(F)c2F)[C@]2(C)C[C@@H]2S1. The lowest BCUT2D eigenvalue weighted by molar-refractivity contribution is -0.385. The van der Waals surface area contributed by atoms with Crippen molar-refractivity contribution in [3.63, 3.8) is 0 Å². The normalized spacial score (nSPS) is 25.8. The van der Waals surface area contributed by atoms with Crippen LogP contribution in [0.2, 0.25) is 0 Å². The van der Waals surface area contributed by atoms with E-state index >= 15 is 4.39 Å². The molecule has 35 heavy (non-hydrogen) atoms. The molecule has 0 bridgehead atoms. The number of non-ortho nitro benzene ring substituents is 1. The first-order chi connectivity index (χ1) is 15.8. The monoisotopic (exact) mass is 513 g/mol. The van der Waals surface area contributed by atoms with Crippen molar-refractivity contribution >= 4 is 34.8 Å². The van der Waals surface area contributed by atoms with Crippen LogP contribution in [0.3, 0.4) is 0 Å². The smallest absolute Gasteiger partial charge is 0.426 e. The lowest BCUT2D eigenvalue weighted by Gasteiger charge is -2.39. The van der Waals surface area contributed by atoms with Crippen LogP contribution in [0.4, 0.5) is 24.1 Å². The van der Waals surface area contributed by atoms with Crippen molar-refractivity contribution in [3.8, 4) is 0 Å². The number of benzene rings is 1. The maximum Gasteiger partial charge on any atom is 0.426 e. The highest BCUT2D eigenvalue weighted by atomic mass is 32.2. The van der Waals surface area contributed by atoms with Gasteiger partial charge >= 0.3 is 12.2 Å². The number of amides is 2. The van der Waals surface area contributed by atoms with Crippen LogP contribution in [-0.4, -0.2) is 43.6 Å². The van der Waals surface area contributed by atoms with Crippen LogP contribution in [-0.2, 0) is 15.0 Å². The van der Waals surface area contributed by atoms with Crippen LogP contribution in [0.5, 0.6) is 0 Å². The van der Waals surface area contributed by atoms with E-state index in [0.717, 1.165) is 17.8 Å². The van der Waals surface area contributed by atoms with Gasteiger partial charge in [-0.05, 0) is 54.9 Å². The average molecular weight is 514 g/mol. The third-order valence-electron chi connectivity index (χ3n) is 5.93. The van der Waals surface area contributed by atoms with E-state index in [1.54, 1.807) is 48.5 Å². The van der Waals surface area contributed by atoms with Crippen molar-refractivity contribution < 1.29 is 32.8 Å². The number of ether oxygens (including phenoxy) is 2. The van der Waals surface area contributed by atoms with Crippen LogP contribution in [0.25, 0.3) is 0 Å². The number of aliphatic imine (C=N–C) groups is 1. The second-order valence-electron chi connectivity index (χ2n) is 11.0. The number of hydrogen-bond donors (Lipinski definition) is 0. The average Bonchev–Trinajstić information content (AvgIpc) is 3.32. The summed E-state index contributed by atoms with van der Waals surface area (Å²) in [4.78, 5) is 41.9. The standard InChI is InChI=1S/C23H29F2N3O6S/c1-20(2,3)33-18(29)27(19(30)34-21(4,5)6)17-26-23(8,22(7)11-15(22)35-17)13-9-12(28(31)32)10-14(24)16(13)25/h9-10,15H,11H2,1-8H3/t15-,22+,23-/m0/s1. The van der Waals surface area contributed by atoms with Crippen molar-refractivity contribution in [2.24, 2.45) is 10.4 Å². The van der Waals surface area contributed by atoms with Crippen LogP contribution in [0, 0.1) is 27.2 Å². The molecule has 2 aliphatic rings. The van der Waals surface area contributed by atoms with E-state index in [-0.39, 0.29) is 16.0 Å². The fourth-order valence-corrected chi connectivity index (χ4v) is 5.50. The van der Waals surface area contributed by atoms with Gasteiger partial charge in [-0.3, -0.25) is 10.1 Å². The molecule has 1 aliphatic carbocycles. The van der Waals surface area contributed by atoms with Crippen molar-refractivity contribution in [1.82, 2.24) is 4.90 Å². The maximum atomic E-state index is 15.1. The van der Waals surface area contributed by atoms with Crippen LogP contribution >= 0.6 is 11.8 Å². The molecule has 192 valence electrons. The predicted molar refractivity (Wildman–Crippen MR) is 126 cm³/mol. The number of carbonyl (C=O) groups excluding carboxylic acids is 2. The highest BCUT2D eigenvalue weighted by Crippen LogP contribution is 2.68. The molecule has 0 aromatic heterocycles. The second kappa shape index (κ2) is 8.42. The molecule has 1 saturated carbocycles. The molecule has 2 amide bonds. The molecule has 3 rings (SSSR count). The summed E-state index contributed by atoms with van der Waals surface area (Å²) in [6.45, 7) is 13.0. The predicted octanol–water partition coefficient (Wildman–Crippen LogP) is 6.14. The fourth-order valence-electron chi connectivity index (χ4n) is 3.83. The second-order valence-corrected chi connectivity index (χ2v) is 12.2. The highest BCUT2D eigenvalue weighted by molar-refractivity contribution is 8.14. The molecule has 1 aromatic carbocycles. The lowest BCUT2D eigenvalue weighted by Crippen LogP contribution is -2.49. The number of hydrogen-bond acceptors (Lipinski definition) is 8. The Kier molecular flexibility index (Phi) is 6.46. The number of imide groups is 1.